The Labute approximate surface area is 122 Å². The second kappa shape index (κ2) is 7.34. The molecular weight excluding hydrogens is 300 g/mol. The highest BCUT2D eigenvalue weighted by molar-refractivity contribution is 7.89. The van der Waals surface area contributed by atoms with E-state index in [2.05, 4.69) is 4.72 Å². The molecule has 1 aromatic rings. The van der Waals surface area contributed by atoms with Crippen LogP contribution >= 0.6 is 0 Å². The number of hydrogen-bond acceptors (Lipinski definition) is 6. The van der Waals surface area contributed by atoms with E-state index >= 15 is 0 Å². The SMILES string of the molecule is CCCC(O)CNS(=O)(=O)c1ccc(OC)cc1[N+](=O)[O-]. The lowest BCUT2D eigenvalue weighted by molar-refractivity contribution is -0.387. The van der Waals surface area contributed by atoms with Crippen molar-refractivity contribution in [2.24, 2.45) is 0 Å². The molecule has 9 heteroatoms. The van der Waals surface area contributed by atoms with E-state index < -0.39 is 31.6 Å². The number of ether oxygens (including phenoxy) is 1. The monoisotopic (exact) mass is 318 g/mol. The van der Waals surface area contributed by atoms with Gasteiger partial charge in [-0.15, -0.1) is 0 Å². The Morgan fingerprint density at radius 3 is 2.67 bits per heavy atom. The van der Waals surface area contributed by atoms with E-state index in [4.69, 9.17) is 4.74 Å². The maximum atomic E-state index is 12.1. The van der Waals surface area contributed by atoms with Crippen LogP contribution in [0, 0.1) is 10.1 Å². The normalized spacial score (nSPS) is 12.9. The van der Waals surface area contributed by atoms with E-state index in [0.29, 0.717) is 12.8 Å². The summed E-state index contributed by atoms with van der Waals surface area (Å²) in [5, 5.41) is 20.5. The molecule has 118 valence electrons. The smallest absolute Gasteiger partial charge is 0.293 e. The summed E-state index contributed by atoms with van der Waals surface area (Å²) in [5.41, 5.74) is -0.577. The topological polar surface area (TPSA) is 119 Å². The van der Waals surface area contributed by atoms with Crippen LogP contribution in [0.25, 0.3) is 0 Å². The first-order valence-corrected chi connectivity index (χ1v) is 7.80. The van der Waals surface area contributed by atoms with Crippen molar-refractivity contribution in [3.63, 3.8) is 0 Å². The molecule has 0 bridgehead atoms. The Balaban J connectivity index is 3.05. The third-order valence-electron chi connectivity index (χ3n) is 2.78. The van der Waals surface area contributed by atoms with Gasteiger partial charge in [-0.05, 0) is 18.6 Å². The number of hydrogen-bond donors (Lipinski definition) is 2. The minimum absolute atomic E-state index is 0.187. The van der Waals surface area contributed by atoms with Gasteiger partial charge in [-0.25, -0.2) is 13.1 Å². The summed E-state index contributed by atoms with van der Waals surface area (Å²) in [4.78, 5) is 9.73. The summed E-state index contributed by atoms with van der Waals surface area (Å²) in [7, 11) is -2.76. The Morgan fingerprint density at radius 2 is 2.14 bits per heavy atom. The first-order chi connectivity index (χ1) is 9.81. The summed E-state index contributed by atoms with van der Waals surface area (Å²) in [6, 6.07) is 3.46. The van der Waals surface area contributed by atoms with E-state index in [9.17, 15) is 23.6 Å². The number of rotatable bonds is 8. The fourth-order valence-electron chi connectivity index (χ4n) is 1.71. The lowest BCUT2D eigenvalue weighted by atomic mass is 10.2. The molecule has 1 unspecified atom stereocenters. The number of aliphatic hydroxyl groups is 1. The van der Waals surface area contributed by atoms with E-state index in [-0.39, 0.29) is 12.3 Å². The van der Waals surface area contributed by atoms with Gasteiger partial charge in [-0.2, -0.15) is 0 Å². The zero-order valence-corrected chi connectivity index (χ0v) is 12.6. The molecule has 0 aliphatic heterocycles. The highest BCUT2D eigenvalue weighted by Crippen LogP contribution is 2.28. The van der Waals surface area contributed by atoms with Gasteiger partial charge in [-0.3, -0.25) is 10.1 Å². The average Bonchev–Trinajstić information content (AvgIpc) is 2.45. The lowest BCUT2D eigenvalue weighted by Gasteiger charge is -2.11. The maximum absolute atomic E-state index is 12.1. The lowest BCUT2D eigenvalue weighted by Crippen LogP contribution is -2.32. The van der Waals surface area contributed by atoms with Crippen molar-refractivity contribution in [1.29, 1.82) is 0 Å². The largest absolute Gasteiger partial charge is 0.497 e. The number of aliphatic hydroxyl groups excluding tert-OH is 1. The Bertz CT molecular complexity index is 602. The van der Waals surface area contributed by atoms with E-state index in [1.54, 1.807) is 0 Å². The van der Waals surface area contributed by atoms with Crippen molar-refractivity contribution in [2.75, 3.05) is 13.7 Å². The highest BCUT2D eigenvalue weighted by Gasteiger charge is 2.26. The molecule has 2 N–H and O–H groups in total. The first kappa shape index (κ1) is 17.3. The van der Waals surface area contributed by atoms with E-state index in [0.717, 1.165) is 12.1 Å². The van der Waals surface area contributed by atoms with Gasteiger partial charge in [-0.1, -0.05) is 13.3 Å². The quantitative estimate of drug-likeness (QED) is 0.546. The molecule has 1 atom stereocenters. The van der Waals surface area contributed by atoms with E-state index in [1.807, 2.05) is 6.92 Å². The minimum Gasteiger partial charge on any atom is -0.497 e. The number of benzene rings is 1. The van der Waals surface area contributed by atoms with Crippen LogP contribution in [0.5, 0.6) is 5.75 Å². The highest BCUT2D eigenvalue weighted by atomic mass is 32.2. The van der Waals surface area contributed by atoms with Crippen LogP contribution in [-0.4, -0.2) is 38.2 Å². The van der Waals surface area contributed by atoms with Gasteiger partial charge in [0.05, 0.1) is 24.2 Å². The molecule has 21 heavy (non-hydrogen) atoms. The van der Waals surface area contributed by atoms with Crippen LogP contribution in [0.1, 0.15) is 19.8 Å². The Morgan fingerprint density at radius 1 is 1.48 bits per heavy atom. The zero-order chi connectivity index (χ0) is 16.0. The zero-order valence-electron chi connectivity index (χ0n) is 11.8. The van der Waals surface area contributed by atoms with Crippen molar-refractivity contribution in [2.45, 2.75) is 30.8 Å². The predicted octanol–water partition coefficient (Wildman–Crippen LogP) is 1.04. The second-order valence-corrected chi connectivity index (χ2v) is 6.12. The van der Waals surface area contributed by atoms with Crippen molar-refractivity contribution in [3.8, 4) is 5.75 Å². The summed E-state index contributed by atoms with van der Waals surface area (Å²) in [6.45, 7) is 1.66. The second-order valence-electron chi connectivity index (χ2n) is 4.39. The van der Waals surface area contributed by atoms with Crippen molar-refractivity contribution in [1.82, 2.24) is 4.72 Å². The van der Waals surface area contributed by atoms with Crippen LogP contribution < -0.4 is 9.46 Å². The molecule has 0 saturated carbocycles. The van der Waals surface area contributed by atoms with Gasteiger partial charge in [0.2, 0.25) is 10.0 Å². The van der Waals surface area contributed by atoms with Crippen molar-refractivity contribution < 1.29 is 23.2 Å². The Kier molecular flexibility index (Phi) is 6.06. The van der Waals surface area contributed by atoms with Gasteiger partial charge < -0.3 is 9.84 Å². The number of nitro benzene ring substituents is 1. The van der Waals surface area contributed by atoms with Gasteiger partial charge in [0.15, 0.2) is 4.90 Å². The fourth-order valence-corrected chi connectivity index (χ4v) is 2.94. The third kappa shape index (κ3) is 4.66. The molecule has 8 nitrogen and oxygen atoms in total. The number of nitrogens with one attached hydrogen (secondary N) is 1. The molecule has 1 aromatic carbocycles. The summed E-state index contributed by atoms with van der Waals surface area (Å²) in [6.07, 6.45) is 0.306. The van der Waals surface area contributed by atoms with Crippen LogP contribution in [0.15, 0.2) is 23.1 Å². The summed E-state index contributed by atoms with van der Waals surface area (Å²) >= 11 is 0. The van der Waals surface area contributed by atoms with Gasteiger partial charge >= 0.3 is 0 Å². The first-order valence-electron chi connectivity index (χ1n) is 6.32. The number of nitro groups is 1. The van der Waals surface area contributed by atoms with E-state index in [1.165, 1.54) is 13.2 Å². The van der Waals surface area contributed by atoms with Crippen LogP contribution in [0.2, 0.25) is 0 Å². The van der Waals surface area contributed by atoms with Crippen molar-refractivity contribution in [3.05, 3.63) is 28.3 Å². The van der Waals surface area contributed by atoms with Crippen LogP contribution in [0.3, 0.4) is 0 Å². The minimum atomic E-state index is -4.08. The molecule has 0 heterocycles. The predicted molar refractivity (Wildman–Crippen MR) is 75.8 cm³/mol. The van der Waals surface area contributed by atoms with Crippen LogP contribution in [-0.2, 0) is 10.0 Å². The molecule has 0 aliphatic carbocycles. The fraction of sp³-hybridized carbons (Fsp3) is 0.500. The molecular formula is C12H18N2O6S. The standard InChI is InChI=1S/C12H18N2O6S/c1-3-4-9(15)8-13-21(18,19)12-6-5-10(20-2)7-11(12)14(16)17/h5-7,9,13,15H,3-4,8H2,1-2H3. The molecule has 0 fully saturated rings. The molecule has 1 rings (SSSR count). The Hall–Kier alpha value is -1.71. The molecule has 0 aromatic heterocycles. The molecule has 0 spiro atoms. The molecule has 0 radical (unpaired) electrons. The van der Waals surface area contributed by atoms with Gasteiger partial charge in [0.25, 0.3) is 5.69 Å². The maximum Gasteiger partial charge on any atom is 0.293 e. The third-order valence-corrected chi connectivity index (χ3v) is 4.25. The van der Waals surface area contributed by atoms with Crippen LogP contribution in [0.4, 0.5) is 5.69 Å². The summed E-state index contributed by atoms with van der Waals surface area (Å²) < 4.78 is 31.2. The summed E-state index contributed by atoms with van der Waals surface area (Å²) in [5.74, 6) is 0.187. The van der Waals surface area contributed by atoms with Crippen molar-refractivity contribution >= 4 is 15.7 Å². The number of nitrogens with zero attached hydrogens (tertiary/aromatic N) is 1. The van der Waals surface area contributed by atoms with Gasteiger partial charge in [0, 0.05) is 6.54 Å². The van der Waals surface area contributed by atoms with Gasteiger partial charge in [0.1, 0.15) is 5.75 Å². The molecule has 0 aliphatic rings. The molecule has 0 saturated heterocycles. The molecule has 0 amide bonds. The number of methoxy groups -OCH3 is 1. The number of sulfonamides is 1. The average molecular weight is 318 g/mol.